The van der Waals surface area contributed by atoms with Crippen LogP contribution < -0.4 is 5.32 Å². The molecular weight excluding hydrogens is 157 g/mol. The third-order valence-electron chi connectivity index (χ3n) is 1.01. The summed E-state index contributed by atoms with van der Waals surface area (Å²) in [5.74, 6) is 0. The van der Waals surface area contributed by atoms with Crippen molar-refractivity contribution < 1.29 is 13.2 Å². The minimum atomic E-state index is -4.26. The first-order valence-corrected chi connectivity index (χ1v) is 3.00. The summed E-state index contributed by atoms with van der Waals surface area (Å²) < 4.78 is 34.7. The Hall–Kier alpha value is -0.760. The topological polar surface area (TPSA) is 35.8 Å². The molecule has 64 valence electrons. The van der Waals surface area contributed by atoms with Gasteiger partial charge in [-0.15, -0.1) is 0 Å². The lowest BCUT2D eigenvalue weighted by atomic mass is 10.1. The summed E-state index contributed by atoms with van der Waals surface area (Å²) in [6, 6.07) is 1.70. The molecule has 2 nitrogen and oxygen atoms in total. The second-order valence-electron chi connectivity index (χ2n) is 2.71. The standard InChI is InChI=1S/C6H9F3N2/c1-5(2,3-10)11-4-6(7,8)9/h11H,4H2,1-2H3. The first-order chi connectivity index (χ1) is 4.77. The molecule has 5 heteroatoms. The molecule has 0 rings (SSSR count). The molecule has 0 bridgehead atoms. The minimum Gasteiger partial charge on any atom is -0.291 e. The lowest BCUT2D eigenvalue weighted by Gasteiger charge is -2.18. The van der Waals surface area contributed by atoms with E-state index in [1.54, 1.807) is 6.07 Å². The number of rotatable bonds is 2. The van der Waals surface area contributed by atoms with Crippen LogP contribution in [0.4, 0.5) is 13.2 Å². The van der Waals surface area contributed by atoms with Crippen LogP contribution in [0.2, 0.25) is 0 Å². The van der Waals surface area contributed by atoms with Crippen LogP contribution in [-0.4, -0.2) is 18.3 Å². The third-order valence-corrected chi connectivity index (χ3v) is 1.01. The van der Waals surface area contributed by atoms with Crippen LogP contribution in [-0.2, 0) is 0 Å². The molecule has 0 heterocycles. The maximum Gasteiger partial charge on any atom is 0.401 e. The molecular formula is C6H9F3N2. The molecule has 0 aromatic rings. The number of nitrogens with zero attached hydrogens (tertiary/aromatic N) is 1. The van der Waals surface area contributed by atoms with Gasteiger partial charge in [-0.2, -0.15) is 18.4 Å². The van der Waals surface area contributed by atoms with Gasteiger partial charge in [0.15, 0.2) is 0 Å². The molecule has 0 spiro atoms. The van der Waals surface area contributed by atoms with E-state index in [1.165, 1.54) is 13.8 Å². The molecule has 11 heavy (non-hydrogen) atoms. The van der Waals surface area contributed by atoms with Crippen LogP contribution in [0.5, 0.6) is 0 Å². The van der Waals surface area contributed by atoms with Gasteiger partial charge in [0.1, 0.15) is 5.54 Å². The fourth-order valence-corrected chi connectivity index (χ4v) is 0.361. The lowest BCUT2D eigenvalue weighted by molar-refractivity contribution is -0.127. The first-order valence-electron chi connectivity index (χ1n) is 3.00. The number of hydrogen-bond donors (Lipinski definition) is 1. The van der Waals surface area contributed by atoms with Crippen molar-refractivity contribution in [1.82, 2.24) is 5.32 Å². The smallest absolute Gasteiger partial charge is 0.291 e. The van der Waals surface area contributed by atoms with Crippen molar-refractivity contribution in [2.45, 2.75) is 25.6 Å². The van der Waals surface area contributed by atoms with Crippen molar-refractivity contribution in [3.8, 4) is 6.07 Å². The third kappa shape index (κ3) is 5.67. The average Bonchev–Trinajstić information content (AvgIpc) is 1.83. The zero-order valence-electron chi connectivity index (χ0n) is 6.29. The van der Waals surface area contributed by atoms with Crippen molar-refractivity contribution in [1.29, 1.82) is 5.26 Å². The highest BCUT2D eigenvalue weighted by molar-refractivity contribution is 4.99. The van der Waals surface area contributed by atoms with Crippen LogP contribution in [0.3, 0.4) is 0 Å². The summed E-state index contributed by atoms with van der Waals surface area (Å²) in [7, 11) is 0. The van der Waals surface area contributed by atoms with Gasteiger partial charge in [0.25, 0.3) is 0 Å². The summed E-state index contributed by atoms with van der Waals surface area (Å²) in [6.45, 7) is 1.64. The van der Waals surface area contributed by atoms with Crippen LogP contribution in [0, 0.1) is 11.3 Å². The molecule has 0 saturated heterocycles. The van der Waals surface area contributed by atoms with Crippen LogP contribution in [0.15, 0.2) is 0 Å². The quantitative estimate of drug-likeness (QED) is 0.673. The number of hydrogen-bond acceptors (Lipinski definition) is 2. The SMILES string of the molecule is CC(C)(C#N)NCC(F)(F)F. The van der Waals surface area contributed by atoms with Gasteiger partial charge in [0.2, 0.25) is 0 Å². The average molecular weight is 166 g/mol. The molecule has 0 fully saturated rings. The van der Waals surface area contributed by atoms with Crippen LogP contribution >= 0.6 is 0 Å². The fraction of sp³-hybridized carbons (Fsp3) is 0.833. The second kappa shape index (κ2) is 3.09. The molecule has 0 aliphatic carbocycles. The van der Waals surface area contributed by atoms with Crippen LogP contribution in [0.1, 0.15) is 13.8 Å². The van der Waals surface area contributed by atoms with E-state index in [2.05, 4.69) is 5.32 Å². The van der Waals surface area contributed by atoms with E-state index in [9.17, 15) is 13.2 Å². The summed E-state index contributed by atoms with van der Waals surface area (Å²) in [6.07, 6.45) is -4.26. The van der Waals surface area contributed by atoms with Crippen molar-refractivity contribution in [2.75, 3.05) is 6.54 Å². The second-order valence-corrected chi connectivity index (χ2v) is 2.71. The highest BCUT2D eigenvalue weighted by atomic mass is 19.4. The summed E-state index contributed by atoms with van der Waals surface area (Å²) >= 11 is 0. The fourth-order valence-electron chi connectivity index (χ4n) is 0.361. The van der Waals surface area contributed by atoms with Crippen LogP contribution in [0.25, 0.3) is 0 Å². The zero-order chi connectivity index (χ0) is 9.12. The molecule has 0 aromatic carbocycles. The predicted octanol–water partition coefficient (Wildman–Crippen LogP) is 1.44. The lowest BCUT2D eigenvalue weighted by Crippen LogP contribution is -2.43. The van der Waals surface area contributed by atoms with Crippen molar-refractivity contribution in [3.63, 3.8) is 0 Å². The monoisotopic (exact) mass is 166 g/mol. The van der Waals surface area contributed by atoms with E-state index < -0.39 is 18.3 Å². The van der Waals surface area contributed by atoms with E-state index in [1.807, 2.05) is 0 Å². The maximum absolute atomic E-state index is 11.6. The predicted molar refractivity (Wildman–Crippen MR) is 33.7 cm³/mol. The van der Waals surface area contributed by atoms with E-state index in [-0.39, 0.29) is 0 Å². The largest absolute Gasteiger partial charge is 0.401 e. The van der Waals surface area contributed by atoms with Crippen molar-refractivity contribution >= 4 is 0 Å². The number of nitrogens with one attached hydrogen (secondary N) is 1. The van der Waals surface area contributed by atoms with E-state index in [4.69, 9.17) is 5.26 Å². The Morgan fingerprint density at radius 2 is 1.82 bits per heavy atom. The Morgan fingerprint density at radius 1 is 1.36 bits per heavy atom. The van der Waals surface area contributed by atoms with Gasteiger partial charge in [0, 0.05) is 0 Å². The molecule has 0 aliphatic heterocycles. The van der Waals surface area contributed by atoms with Gasteiger partial charge in [-0.3, -0.25) is 5.32 Å². The first kappa shape index (κ1) is 10.2. The number of alkyl halides is 3. The molecule has 0 saturated carbocycles. The summed E-state index contributed by atoms with van der Waals surface area (Å²) in [4.78, 5) is 0. The Bertz CT molecular complexity index is 166. The van der Waals surface area contributed by atoms with Gasteiger partial charge in [0.05, 0.1) is 12.6 Å². The maximum atomic E-state index is 11.6. The Balaban J connectivity index is 3.83. The molecule has 0 radical (unpaired) electrons. The van der Waals surface area contributed by atoms with Gasteiger partial charge in [-0.25, -0.2) is 0 Å². The molecule has 1 N–H and O–H groups in total. The summed E-state index contributed by atoms with van der Waals surface area (Å²) in [5, 5.41) is 10.4. The molecule has 0 amide bonds. The Labute approximate surface area is 63.0 Å². The Morgan fingerprint density at radius 3 is 2.09 bits per heavy atom. The molecule has 0 unspecified atom stereocenters. The molecule has 0 atom stereocenters. The van der Waals surface area contributed by atoms with Crippen molar-refractivity contribution in [3.05, 3.63) is 0 Å². The zero-order valence-corrected chi connectivity index (χ0v) is 6.29. The minimum absolute atomic E-state index is 1.12. The highest BCUT2D eigenvalue weighted by Gasteiger charge is 2.30. The highest BCUT2D eigenvalue weighted by Crippen LogP contribution is 2.14. The van der Waals surface area contributed by atoms with Gasteiger partial charge in [-0.05, 0) is 13.8 Å². The van der Waals surface area contributed by atoms with Gasteiger partial charge in [-0.1, -0.05) is 0 Å². The van der Waals surface area contributed by atoms with Crippen molar-refractivity contribution in [2.24, 2.45) is 0 Å². The molecule has 0 aromatic heterocycles. The summed E-state index contributed by atoms with van der Waals surface area (Å²) in [5.41, 5.74) is -1.12. The van der Waals surface area contributed by atoms with E-state index in [0.29, 0.717) is 0 Å². The normalized spacial score (nSPS) is 12.7. The van der Waals surface area contributed by atoms with Gasteiger partial charge >= 0.3 is 6.18 Å². The van der Waals surface area contributed by atoms with E-state index in [0.717, 1.165) is 0 Å². The molecule has 0 aliphatic rings. The number of nitriles is 1. The van der Waals surface area contributed by atoms with E-state index >= 15 is 0 Å². The Kier molecular flexibility index (Phi) is 2.88. The van der Waals surface area contributed by atoms with Gasteiger partial charge < -0.3 is 0 Å². The number of halogens is 3.